The lowest BCUT2D eigenvalue weighted by molar-refractivity contribution is 0.419. The molecule has 82 valence electrons. The Kier molecular flexibility index (Phi) is 2.11. The molecule has 0 spiro atoms. The molecule has 1 fully saturated rings. The molecule has 2 aromatic carbocycles. The van der Waals surface area contributed by atoms with E-state index in [9.17, 15) is 0 Å². The number of hydrogen-bond acceptors (Lipinski definition) is 2. The summed E-state index contributed by atoms with van der Waals surface area (Å²) in [6.07, 6.45) is 1.11. The lowest BCUT2D eigenvalue weighted by Crippen LogP contribution is -2.01. The topological polar surface area (TPSA) is 35.2 Å². The molecular weight excluding hydrogens is 198 g/mol. The van der Waals surface area contributed by atoms with Crippen LogP contribution in [0.25, 0.3) is 10.8 Å². The third-order valence-corrected chi connectivity index (χ3v) is 3.38. The highest BCUT2D eigenvalue weighted by atomic mass is 16.5. The van der Waals surface area contributed by atoms with E-state index < -0.39 is 0 Å². The number of ether oxygens (including phenoxy) is 1. The highest BCUT2D eigenvalue weighted by Gasteiger charge is 2.35. The van der Waals surface area contributed by atoms with Crippen molar-refractivity contribution in [2.45, 2.75) is 18.4 Å². The summed E-state index contributed by atoms with van der Waals surface area (Å²) in [7, 11) is 1.71. The van der Waals surface area contributed by atoms with Crippen molar-refractivity contribution in [1.82, 2.24) is 0 Å². The lowest BCUT2D eigenvalue weighted by Gasteiger charge is -2.09. The van der Waals surface area contributed by atoms with Crippen molar-refractivity contribution in [2.24, 2.45) is 5.73 Å². The van der Waals surface area contributed by atoms with Gasteiger partial charge in [-0.3, -0.25) is 0 Å². The van der Waals surface area contributed by atoms with E-state index in [0.717, 1.165) is 12.2 Å². The fourth-order valence-corrected chi connectivity index (χ4v) is 2.37. The minimum absolute atomic E-state index is 0.344. The molecule has 0 aromatic heterocycles. The maximum atomic E-state index is 5.93. The fraction of sp³-hybridized carbons (Fsp3) is 0.286. The standard InChI is InChI=1S/C14H15NO/c1-16-14-7-6-10(12-8-13(12)15)9-4-2-3-5-11(9)14/h2-7,12-13H,8,15H2,1H3. The van der Waals surface area contributed by atoms with Gasteiger partial charge < -0.3 is 10.5 Å². The van der Waals surface area contributed by atoms with Crippen LogP contribution in [0.5, 0.6) is 5.75 Å². The van der Waals surface area contributed by atoms with Crippen molar-refractivity contribution >= 4 is 10.8 Å². The predicted octanol–water partition coefficient (Wildman–Crippen LogP) is 2.66. The first kappa shape index (κ1) is 9.67. The summed E-state index contributed by atoms with van der Waals surface area (Å²) in [4.78, 5) is 0. The Morgan fingerprint density at radius 1 is 1.12 bits per heavy atom. The molecule has 1 aliphatic carbocycles. The largest absolute Gasteiger partial charge is 0.496 e. The first-order valence-corrected chi connectivity index (χ1v) is 5.62. The number of methoxy groups -OCH3 is 1. The van der Waals surface area contributed by atoms with Gasteiger partial charge >= 0.3 is 0 Å². The molecule has 0 heterocycles. The Hall–Kier alpha value is -1.54. The monoisotopic (exact) mass is 213 g/mol. The molecule has 0 radical (unpaired) electrons. The molecule has 0 saturated heterocycles. The van der Waals surface area contributed by atoms with E-state index >= 15 is 0 Å². The zero-order chi connectivity index (χ0) is 11.1. The molecule has 2 N–H and O–H groups in total. The van der Waals surface area contributed by atoms with Gasteiger partial charge in [-0.1, -0.05) is 30.3 Å². The van der Waals surface area contributed by atoms with E-state index in [-0.39, 0.29) is 0 Å². The maximum absolute atomic E-state index is 5.93. The molecule has 0 bridgehead atoms. The highest BCUT2D eigenvalue weighted by Crippen LogP contribution is 2.43. The number of fused-ring (bicyclic) bond motifs is 1. The minimum Gasteiger partial charge on any atom is -0.496 e. The molecule has 0 aliphatic heterocycles. The summed E-state index contributed by atoms with van der Waals surface area (Å²) in [5.41, 5.74) is 7.29. The van der Waals surface area contributed by atoms with Gasteiger partial charge in [0.2, 0.25) is 0 Å². The van der Waals surface area contributed by atoms with E-state index in [1.165, 1.54) is 16.3 Å². The number of benzene rings is 2. The van der Waals surface area contributed by atoms with Crippen LogP contribution in [0.2, 0.25) is 0 Å². The summed E-state index contributed by atoms with van der Waals surface area (Å²) in [5, 5.41) is 2.46. The third kappa shape index (κ3) is 1.38. The third-order valence-electron chi connectivity index (χ3n) is 3.38. The smallest absolute Gasteiger partial charge is 0.126 e. The summed E-state index contributed by atoms with van der Waals surface area (Å²) in [6.45, 7) is 0. The van der Waals surface area contributed by atoms with Crippen molar-refractivity contribution in [3.63, 3.8) is 0 Å². The van der Waals surface area contributed by atoms with Gasteiger partial charge in [0.05, 0.1) is 7.11 Å². The molecule has 16 heavy (non-hydrogen) atoms. The van der Waals surface area contributed by atoms with Crippen molar-refractivity contribution in [3.05, 3.63) is 42.0 Å². The van der Waals surface area contributed by atoms with Crippen LogP contribution < -0.4 is 10.5 Å². The Morgan fingerprint density at radius 3 is 2.44 bits per heavy atom. The molecule has 2 heteroatoms. The first-order chi connectivity index (χ1) is 7.81. The Morgan fingerprint density at radius 2 is 1.81 bits per heavy atom. The molecule has 1 saturated carbocycles. The molecule has 1 aliphatic rings. The van der Waals surface area contributed by atoms with Gasteiger partial charge in [0.1, 0.15) is 5.75 Å². The van der Waals surface area contributed by atoms with Crippen LogP contribution in [0.1, 0.15) is 17.9 Å². The molecule has 2 atom stereocenters. The van der Waals surface area contributed by atoms with Gasteiger partial charge in [-0.2, -0.15) is 0 Å². The number of hydrogen-bond donors (Lipinski definition) is 1. The Balaban J connectivity index is 2.23. The van der Waals surface area contributed by atoms with Gasteiger partial charge in [0.25, 0.3) is 0 Å². The molecule has 0 amide bonds. The molecule has 3 rings (SSSR count). The quantitative estimate of drug-likeness (QED) is 0.832. The van der Waals surface area contributed by atoms with Crippen molar-refractivity contribution in [1.29, 1.82) is 0 Å². The first-order valence-electron chi connectivity index (χ1n) is 5.62. The average molecular weight is 213 g/mol. The average Bonchev–Trinajstić information content (AvgIpc) is 3.05. The van der Waals surface area contributed by atoms with Crippen molar-refractivity contribution in [2.75, 3.05) is 7.11 Å². The summed E-state index contributed by atoms with van der Waals surface area (Å²) < 4.78 is 5.38. The van der Waals surface area contributed by atoms with Gasteiger partial charge in [-0.05, 0) is 23.4 Å². The van der Waals surface area contributed by atoms with E-state index in [1.54, 1.807) is 7.11 Å². The summed E-state index contributed by atoms with van der Waals surface area (Å²) >= 11 is 0. The van der Waals surface area contributed by atoms with Gasteiger partial charge in [-0.25, -0.2) is 0 Å². The van der Waals surface area contributed by atoms with Crippen LogP contribution in [0.15, 0.2) is 36.4 Å². The zero-order valence-corrected chi connectivity index (χ0v) is 9.31. The molecule has 2 unspecified atom stereocenters. The number of nitrogens with two attached hydrogens (primary N) is 1. The predicted molar refractivity (Wildman–Crippen MR) is 65.8 cm³/mol. The van der Waals surface area contributed by atoms with Crippen LogP contribution in [0.3, 0.4) is 0 Å². The Labute approximate surface area is 95.0 Å². The lowest BCUT2D eigenvalue weighted by atomic mass is 10.00. The van der Waals surface area contributed by atoms with E-state index in [0.29, 0.717) is 12.0 Å². The number of rotatable bonds is 2. The second-order valence-electron chi connectivity index (χ2n) is 4.41. The SMILES string of the molecule is COc1ccc(C2CC2N)c2ccccc12. The van der Waals surface area contributed by atoms with Gasteiger partial charge in [0, 0.05) is 17.3 Å². The summed E-state index contributed by atoms with van der Waals surface area (Å²) in [6, 6.07) is 12.9. The van der Waals surface area contributed by atoms with Crippen LogP contribution in [-0.4, -0.2) is 13.2 Å². The van der Waals surface area contributed by atoms with Crippen molar-refractivity contribution in [3.8, 4) is 5.75 Å². The maximum Gasteiger partial charge on any atom is 0.126 e. The molecule has 2 nitrogen and oxygen atoms in total. The van der Waals surface area contributed by atoms with Crippen LogP contribution in [0, 0.1) is 0 Å². The zero-order valence-electron chi connectivity index (χ0n) is 9.31. The Bertz CT molecular complexity index is 535. The van der Waals surface area contributed by atoms with E-state index in [1.807, 2.05) is 12.1 Å². The fourth-order valence-electron chi connectivity index (χ4n) is 2.37. The van der Waals surface area contributed by atoms with E-state index in [2.05, 4.69) is 24.3 Å². The normalized spacial score (nSPS) is 23.4. The molecular formula is C14H15NO. The molecule has 2 aromatic rings. The van der Waals surface area contributed by atoms with E-state index in [4.69, 9.17) is 10.5 Å². The van der Waals surface area contributed by atoms with Crippen LogP contribution in [0.4, 0.5) is 0 Å². The highest BCUT2D eigenvalue weighted by molar-refractivity contribution is 5.91. The minimum atomic E-state index is 0.344. The van der Waals surface area contributed by atoms with Gasteiger partial charge in [-0.15, -0.1) is 0 Å². The second-order valence-corrected chi connectivity index (χ2v) is 4.41. The van der Waals surface area contributed by atoms with Crippen LogP contribution in [-0.2, 0) is 0 Å². The second kappa shape index (κ2) is 3.49. The van der Waals surface area contributed by atoms with Crippen molar-refractivity contribution < 1.29 is 4.74 Å². The van der Waals surface area contributed by atoms with Gasteiger partial charge in [0.15, 0.2) is 0 Å². The van der Waals surface area contributed by atoms with Crippen LogP contribution >= 0.6 is 0 Å². The summed E-state index contributed by atoms with van der Waals surface area (Å²) in [5.74, 6) is 1.48.